The van der Waals surface area contributed by atoms with E-state index in [1.54, 1.807) is 23.1 Å². The lowest BCUT2D eigenvalue weighted by molar-refractivity contribution is -0.127. The molecule has 1 fully saturated rings. The van der Waals surface area contributed by atoms with Gasteiger partial charge in [0.2, 0.25) is 17.7 Å². The molecule has 2 aromatic rings. The van der Waals surface area contributed by atoms with Crippen molar-refractivity contribution in [1.29, 1.82) is 0 Å². The van der Waals surface area contributed by atoms with Crippen LogP contribution in [0.15, 0.2) is 53.0 Å². The van der Waals surface area contributed by atoms with E-state index in [0.717, 1.165) is 5.69 Å². The number of anilines is 2. The first-order chi connectivity index (χ1) is 12.9. The number of nitrogens with zero attached hydrogens (tertiary/aromatic N) is 1. The maximum Gasteiger partial charge on any atom is 0.243 e. The van der Waals surface area contributed by atoms with E-state index in [-0.39, 0.29) is 37.0 Å². The summed E-state index contributed by atoms with van der Waals surface area (Å²) in [4.78, 5) is 37.9. The third-order valence-corrected chi connectivity index (χ3v) is 4.69. The van der Waals surface area contributed by atoms with Crippen LogP contribution in [-0.2, 0) is 14.4 Å². The lowest BCUT2D eigenvalue weighted by atomic mass is 10.1. The molecule has 1 aliphatic heterocycles. The van der Waals surface area contributed by atoms with Crippen LogP contribution in [0.3, 0.4) is 0 Å². The summed E-state index contributed by atoms with van der Waals surface area (Å²) < 4.78 is 14.3. The van der Waals surface area contributed by atoms with Crippen molar-refractivity contribution in [2.75, 3.05) is 23.3 Å². The molecule has 1 heterocycles. The monoisotopic (exact) mass is 433 g/mol. The first kappa shape index (κ1) is 19.0. The average Bonchev–Trinajstić information content (AvgIpc) is 3.04. The summed E-state index contributed by atoms with van der Waals surface area (Å²) in [5.41, 5.74) is 0.769. The maximum atomic E-state index is 13.7. The summed E-state index contributed by atoms with van der Waals surface area (Å²) in [6.07, 6.45) is 0.0870. The van der Waals surface area contributed by atoms with Crippen LogP contribution in [0.4, 0.5) is 15.8 Å². The fourth-order valence-corrected chi connectivity index (χ4v) is 3.17. The largest absolute Gasteiger partial charge is 0.347 e. The van der Waals surface area contributed by atoms with E-state index < -0.39 is 17.6 Å². The van der Waals surface area contributed by atoms with Gasteiger partial charge in [-0.25, -0.2) is 4.39 Å². The minimum atomic E-state index is -0.580. The highest BCUT2D eigenvalue weighted by atomic mass is 79.9. The molecule has 0 spiro atoms. The molecule has 2 N–H and O–H groups in total. The molecule has 0 bridgehead atoms. The zero-order valence-electron chi connectivity index (χ0n) is 14.2. The Morgan fingerprint density at radius 1 is 1.19 bits per heavy atom. The first-order valence-corrected chi connectivity index (χ1v) is 9.11. The molecule has 6 nitrogen and oxygen atoms in total. The van der Waals surface area contributed by atoms with Crippen LogP contribution in [0.25, 0.3) is 0 Å². The minimum absolute atomic E-state index is 0.0312. The number of benzene rings is 2. The number of rotatable bonds is 5. The van der Waals surface area contributed by atoms with Gasteiger partial charge in [0.15, 0.2) is 0 Å². The van der Waals surface area contributed by atoms with Gasteiger partial charge >= 0.3 is 0 Å². The SMILES string of the molecule is O=C(CNC(=O)C1CC(=O)N(c2ccccc2)C1)Nc1ccc(Br)cc1F. The highest BCUT2D eigenvalue weighted by molar-refractivity contribution is 9.10. The Bertz CT molecular complexity index is 876. The van der Waals surface area contributed by atoms with Gasteiger partial charge in [0, 0.05) is 23.1 Å². The van der Waals surface area contributed by atoms with E-state index in [9.17, 15) is 18.8 Å². The van der Waals surface area contributed by atoms with Gasteiger partial charge in [0.05, 0.1) is 18.2 Å². The van der Waals surface area contributed by atoms with E-state index in [2.05, 4.69) is 26.6 Å². The van der Waals surface area contributed by atoms with Crippen LogP contribution in [0.2, 0.25) is 0 Å². The molecule has 3 rings (SSSR count). The summed E-state index contributed by atoms with van der Waals surface area (Å²) in [5, 5.41) is 4.91. The van der Waals surface area contributed by atoms with Gasteiger partial charge in [0.1, 0.15) is 5.82 Å². The summed E-state index contributed by atoms with van der Waals surface area (Å²) in [7, 11) is 0. The molecule has 1 saturated heterocycles. The summed E-state index contributed by atoms with van der Waals surface area (Å²) >= 11 is 3.14. The van der Waals surface area contributed by atoms with Crippen LogP contribution in [0.5, 0.6) is 0 Å². The molecule has 0 saturated carbocycles. The first-order valence-electron chi connectivity index (χ1n) is 8.32. The van der Waals surface area contributed by atoms with Crippen molar-refractivity contribution in [3.63, 3.8) is 0 Å². The van der Waals surface area contributed by atoms with E-state index in [4.69, 9.17) is 0 Å². The average molecular weight is 434 g/mol. The smallest absolute Gasteiger partial charge is 0.243 e. The van der Waals surface area contributed by atoms with Crippen molar-refractivity contribution in [1.82, 2.24) is 5.32 Å². The lowest BCUT2D eigenvalue weighted by Crippen LogP contribution is -2.38. The van der Waals surface area contributed by atoms with Crippen molar-refractivity contribution < 1.29 is 18.8 Å². The quantitative estimate of drug-likeness (QED) is 0.760. The van der Waals surface area contributed by atoms with Crippen LogP contribution in [0.1, 0.15) is 6.42 Å². The Morgan fingerprint density at radius 3 is 2.63 bits per heavy atom. The number of para-hydroxylation sites is 1. The number of hydrogen-bond donors (Lipinski definition) is 2. The maximum absolute atomic E-state index is 13.7. The van der Waals surface area contributed by atoms with E-state index in [0.29, 0.717) is 4.47 Å². The second kappa shape index (κ2) is 8.30. The number of amides is 3. The van der Waals surface area contributed by atoms with Gasteiger partial charge in [-0.05, 0) is 30.3 Å². The van der Waals surface area contributed by atoms with E-state index in [1.165, 1.54) is 12.1 Å². The van der Waals surface area contributed by atoms with Crippen LogP contribution in [-0.4, -0.2) is 30.8 Å². The van der Waals surface area contributed by atoms with Gasteiger partial charge in [-0.1, -0.05) is 34.1 Å². The van der Waals surface area contributed by atoms with E-state index in [1.807, 2.05) is 18.2 Å². The molecule has 0 radical (unpaired) electrons. The van der Waals surface area contributed by atoms with Gasteiger partial charge in [-0.2, -0.15) is 0 Å². The molecule has 3 amide bonds. The molecule has 0 aromatic heterocycles. The predicted octanol–water partition coefficient (Wildman–Crippen LogP) is 2.70. The molecule has 0 aliphatic carbocycles. The number of nitrogens with one attached hydrogen (secondary N) is 2. The van der Waals surface area contributed by atoms with Crippen LogP contribution >= 0.6 is 15.9 Å². The highest BCUT2D eigenvalue weighted by Crippen LogP contribution is 2.25. The highest BCUT2D eigenvalue weighted by Gasteiger charge is 2.35. The molecular weight excluding hydrogens is 417 g/mol. The van der Waals surface area contributed by atoms with Crippen LogP contribution in [0, 0.1) is 11.7 Å². The Hall–Kier alpha value is -2.74. The molecule has 8 heteroatoms. The standard InChI is InChI=1S/C19H17BrFN3O3/c20-13-6-7-16(15(21)9-13)23-17(25)10-22-19(27)12-8-18(26)24(11-12)14-4-2-1-3-5-14/h1-7,9,12H,8,10-11H2,(H,22,27)(H,23,25). The van der Waals surface area contributed by atoms with Gasteiger partial charge < -0.3 is 15.5 Å². The predicted molar refractivity (Wildman–Crippen MR) is 103 cm³/mol. The minimum Gasteiger partial charge on any atom is -0.347 e. The Morgan fingerprint density at radius 2 is 1.93 bits per heavy atom. The van der Waals surface area contributed by atoms with Gasteiger partial charge in [-0.15, -0.1) is 0 Å². The van der Waals surface area contributed by atoms with Crippen molar-refractivity contribution >= 4 is 45.0 Å². The molecule has 1 atom stereocenters. The molecule has 1 unspecified atom stereocenters. The summed E-state index contributed by atoms with van der Waals surface area (Å²) in [6, 6.07) is 13.4. The Balaban J connectivity index is 1.52. The third-order valence-electron chi connectivity index (χ3n) is 4.19. The fraction of sp³-hybridized carbons (Fsp3) is 0.211. The van der Waals surface area contributed by atoms with Gasteiger partial charge in [0.25, 0.3) is 0 Å². The van der Waals surface area contributed by atoms with Crippen molar-refractivity contribution in [3.8, 4) is 0 Å². The van der Waals surface area contributed by atoms with E-state index >= 15 is 0 Å². The van der Waals surface area contributed by atoms with Crippen LogP contribution < -0.4 is 15.5 Å². The molecule has 27 heavy (non-hydrogen) atoms. The summed E-state index contributed by atoms with van der Waals surface area (Å²) in [6.45, 7) is -0.0397. The zero-order chi connectivity index (χ0) is 19.4. The number of carbonyl (C=O) groups is 3. The molecule has 140 valence electrons. The number of halogens is 2. The summed E-state index contributed by atoms with van der Waals surface area (Å²) in [5.74, 6) is -2.18. The lowest BCUT2D eigenvalue weighted by Gasteiger charge is -2.16. The normalized spacial score (nSPS) is 16.3. The molecule has 2 aromatic carbocycles. The zero-order valence-corrected chi connectivity index (χ0v) is 15.8. The Labute approximate surface area is 163 Å². The molecular formula is C19H17BrFN3O3. The fourth-order valence-electron chi connectivity index (χ4n) is 2.84. The van der Waals surface area contributed by atoms with Crippen molar-refractivity contribution in [3.05, 3.63) is 58.8 Å². The molecule has 1 aliphatic rings. The number of hydrogen-bond acceptors (Lipinski definition) is 3. The second-order valence-corrected chi connectivity index (χ2v) is 7.05. The van der Waals surface area contributed by atoms with Crippen molar-refractivity contribution in [2.45, 2.75) is 6.42 Å². The van der Waals surface area contributed by atoms with Crippen molar-refractivity contribution in [2.24, 2.45) is 5.92 Å². The van der Waals surface area contributed by atoms with Gasteiger partial charge in [-0.3, -0.25) is 14.4 Å². The second-order valence-electron chi connectivity index (χ2n) is 6.13. The Kier molecular flexibility index (Phi) is 5.85. The topological polar surface area (TPSA) is 78.5 Å². The number of carbonyl (C=O) groups excluding carboxylic acids is 3. The third kappa shape index (κ3) is 4.71.